The minimum absolute atomic E-state index is 0.628. The first-order chi connectivity index (χ1) is 6.44. The molecule has 1 aromatic rings. The molecule has 0 bridgehead atoms. The van der Waals surface area contributed by atoms with Gasteiger partial charge in [-0.25, -0.2) is 4.98 Å². The van der Waals surface area contributed by atoms with Gasteiger partial charge in [0.15, 0.2) is 0 Å². The van der Waals surface area contributed by atoms with Crippen LogP contribution in [0.25, 0.3) is 13.2 Å². The summed E-state index contributed by atoms with van der Waals surface area (Å²) in [5.41, 5.74) is -0.890. The van der Waals surface area contributed by atoms with Crippen molar-refractivity contribution in [2.75, 3.05) is 0 Å². The molecule has 0 radical (unpaired) electrons. The van der Waals surface area contributed by atoms with Crippen molar-refractivity contribution in [2.24, 2.45) is 0 Å². The smallest absolute Gasteiger partial charge is 0.141 e. The van der Waals surface area contributed by atoms with E-state index in [1.54, 1.807) is 6.92 Å². The second-order valence-corrected chi connectivity index (χ2v) is 3.70. The quantitative estimate of drug-likeness (QED) is 0.753. The third-order valence-corrected chi connectivity index (χ3v) is 2.64. The molecule has 14 heavy (non-hydrogen) atoms. The standard InChI is InChI=1S/C11H18N2O/c1-6-11(5,14)10-12-8(3)9(4)13(10)7-2/h14H,3-4,6-7H2,1-2,5H3. The van der Waals surface area contributed by atoms with Gasteiger partial charge in [0.1, 0.15) is 11.4 Å². The van der Waals surface area contributed by atoms with Crippen molar-refractivity contribution in [2.45, 2.75) is 39.3 Å². The molecule has 1 N–H and O–H groups in total. The number of imidazole rings is 1. The topological polar surface area (TPSA) is 38.1 Å². The Morgan fingerprint density at radius 3 is 2.43 bits per heavy atom. The molecule has 0 aliphatic carbocycles. The lowest BCUT2D eigenvalue weighted by molar-refractivity contribution is 0.0398. The summed E-state index contributed by atoms with van der Waals surface area (Å²) < 4.78 is 1.91. The molecule has 1 rings (SSSR count). The van der Waals surface area contributed by atoms with Gasteiger partial charge in [0, 0.05) is 6.54 Å². The molecule has 0 saturated carbocycles. The first-order valence-electron chi connectivity index (χ1n) is 4.91. The van der Waals surface area contributed by atoms with Gasteiger partial charge in [-0.15, -0.1) is 0 Å². The van der Waals surface area contributed by atoms with Gasteiger partial charge in [0.2, 0.25) is 0 Å². The van der Waals surface area contributed by atoms with Gasteiger partial charge in [0.25, 0.3) is 0 Å². The molecule has 1 aromatic heterocycles. The van der Waals surface area contributed by atoms with E-state index in [1.807, 2.05) is 18.4 Å². The van der Waals surface area contributed by atoms with Gasteiger partial charge in [-0.2, -0.15) is 0 Å². The van der Waals surface area contributed by atoms with Crippen LogP contribution in [0.1, 0.15) is 33.0 Å². The van der Waals surface area contributed by atoms with Crippen LogP contribution in [-0.2, 0) is 12.1 Å². The first kappa shape index (κ1) is 11.0. The molecule has 78 valence electrons. The Morgan fingerprint density at radius 1 is 1.43 bits per heavy atom. The largest absolute Gasteiger partial charge is 0.382 e. The zero-order chi connectivity index (χ0) is 10.9. The number of aromatic nitrogens is 2. The van der Waals surface area contributed by atoms with Crippen LogP contribution in [0, 0.1) is 0 Å². The highest BCUT2D eigenvalue weighted by molar-refractivity contribution is 5.12. The lowest BCUT2D eigenvalue weighted by Crippen LogP contribution is -2.30. The zero-order valence-corrected chi connectivity index (χ0v) is 9.17. The molecule has 1 unspecified atom stereocenters. The molecule has 0 aliphatic heterocycles. The normalized spacial score (nSPS) is 15.4. The summed E-state index contributed by atoms with van der Waals surface area (Å²) in [6.45, 7) is 14.1. The van der Waals surface area contributed by atoms with Crippen molar-refractivity contribution in [1.29, 1.82) is 0 Å². The van der Waals surface area contributed by atoms with Gasteiger partial charge in [0.05, 0.1) is 10.7 Å². The minimum Gasteiger partial charge on any atom is -0.382 e. The minimum atomic E-state index is -0.890. The van der Waals surface area contributed by atoms with Gasteiger partial charge < -0.3 is 9.67 Å². The Hall–Kier alpha value is -1.09. The summed E-state index contributed by atoms with van der Waals surface area (Å²) in [6.07, 6.45) is 0.628. The van der Waals surface area contributed by atoms with E-state index in [0.717, 1.165) is 11.9 Å². The molecule has 1 atom stereocenters. The summed E-state index contributed by atoms with van der Waals surface area (Å²) in [6, 6.07) is 0. The summed E-state index contributed by atoms with van der Waals surface area (Å²) in [7, 11) is 0. The maximum absolute atomic E-state index is 10.1. The molecule has 0 spiro atoms. The molecule has 1 heterocycles. The Morgan fingerprint density at radius 2 is 2.00 bits per heavy atom. The van der Waals surface area contributed by atoms with Crippen LogP contribution >= 0.6 is 0 Å². The maximum Gasteiger partial charge on any atom is 0.141 e. The number of hydrogen-bond acceptors (Lipinski definition) is 2. The van der Waals surface area contributed by atoms with Crippen LogP contribution in [0.3, 0.4) is 0 Å². The molecule has 3 heteroatoms. The van der Waals surface area contributed by atoms with E-state index in [2.05, 4.69) is 18.1 Å². The number of rotatable bonds is 3. The van der Waals surface area contributed by atoms with Crippen molar-refractivity contribution in [1.82, 2.24) is 9.55 Å². The molecule has 0 saturated heterocycles. The van der Waals surface area contributed by atoms with E-state index in [4.69, 9.17) is 0 Å². The summed E-state index contributed by atoms with van der Waals surface area (Å²) in [4.78, 5) is 4.26. The van der Waals surface area contributed by atoms with Crippen LogP contribution in [0.15, 0.2) is 0 Å². The van der Waals surface area contributed by atoms with Gasteiger partial charge >= 0.3 is 0 Å². The summed E-state index contributed by atoms with van der Waals surface area (Å²) >= 11 is 0. The lowest BCUT2D eigenvalue weighted by Gasteiger charge is -2.21. The Bertz CT molecular complexity index is 417. The predicted molar refractivity (Wildman–Crippen MR) is 58.1 cm³/mol. The van der Waals surface area contributed by atoms with Crippen LogP contribution < -0.4 is 10.7 Å². The average Bonchev–Trinajstić information content (AvgIpc) is 2.44. The van der Waals surface area contributed by atoms with Gasteiger partial charge in [-0.3, -0.25) is 0 Å². The van der Waals surface area contributed by atoms with Gasteiger partial charge in [-0.1, -0.05) is 20.1 Å². The van der Waals surface area contributed by atoms with E-state index in [1.165, 1.54) is 0 Å². The number of nitrogens with zero attached hydrogens (tertiary/aromatic N) is 2. The van der Waals surface area contributed by atoms with Crippen molar-refractivity contribution in [3.8, 4) is 0 Å². The zero-order valence-electron chi connectivity index (χ0n) is 9.17. The average molecular weight is 194 g/mol. The molecule has 0 aromatic carbocycles. The molecule has 0 aliphatic rings. The number of aliphatic hydroxyl groups is 1. The molecule has 0 fully saturated rings. The third kappa shape index (κ3) is 1.60. The van der Waals surface area contributed by atoms with E-state index >= 15 is 0 Å². The first-order valence-corrected chi connectivity index (χ1v) is 4.91. The molecular weight excluding hydrogens is 176 g/mol. The van der Waals surface area contributed by atoms with Gasteiger partial charge in [-0.05, 0) is 20.3 Å². The molecule has 3 nitrogen and oxygen atoms in total. The monoisotopic (exact) mass is 194 g/mol. The highest BCUT2D eigenvalue weighted by Crippen LogP contribution is 2.20. The highest BCUT2D eigenvalue weighted by Gasteiger charge is 2.26. The molecular formula is C11H18N2O. The Balaban J connectivity index is 3.43. The summed E-state index contributed by atoms with van der Waals surface area (Å²) in [5.74, 6) is 0.664. The fourth-order valence-electron chi connectivity index (χ4n) is 1.45. The lowest BCUT2D eigenvalue weighted by atomic mass is 10.0. The maximum atomic E-state index is 10.1. The number of hydrogen-bond donors (Lipinski definition) is 1. The van der Waals surface area contributed by atoms with Crippen LogP contribution in [0.4, 0.5) is 0 Å². The highest BCUT2D eigenvalue weighted by atomic mass is 16.3. The van der Waals surface area contributed by atoms with E-state index in [0.29, 0.717) is 17.6 Å². The predicted octanol–water partition coefficient (Wildman–Crippen LogP) is 0.341. The van der Waals surface area contributed by atoms with E-state index in [9.17, 15) is 5.11 Å². The summed E-state index contributed by atoms with van der Waals surface area (Å²) in [5, 5.41) is 11.5. The van der Waals surface area contributed by atoms with Crippen molar-refractivity contribution < 1.29 is 5.11 Å². The Kier molecular flexibility index (Phi) is 2.81. The van der Waals surface area contributed by atoms with Crippen molar-refractivity contribution in [3.05, 3.63) is 16.5 Å². The molecule has 0 amide bonds. The third-order valence-electron chi connectivity index (χ3n) is 2.64. The van der Waals surface area contributed by atoms with E-state index in [-0.39, 0.29) is 0 Å². The van der Waals surface area contributed by atoms with E-state index < -0.39 is 5.60 Å². The van der Waals surface area contributed by atoms with Crippen LogP contribution in [-0.4, -0.2) is 14.7 Å². The SMILES string of the molecule is C=c1nc(C(C)(O)CC)n(CC)c1=C. The fourth-order valence-corrected chi connectivity index (χ4v) is 1.45. The van der Waals surface area contributed by atoms with Crippen LogP contribution in [0.2, 0.25) is 0 Å². The Labute approximate surface area is 84.4 Å². The second kappa shape index (κ2) is 3.58. The fraction of sp³-hybridized carbons (Fsp3) is 0.545. The second-order valence-electron chi connectivity index (χ2n) is 3.70. The van der Waals surface area contributed by atoms with Crippen LogP contribution in [0.5, 0.6) is 0 Å². The van der Waals surface area contributed by atoms with Crippen molar-refractivity contribution in [3.63, 3.8) is 0 Å². The van der Waals surface area contributed by atoms with Crippen molar-refractivity contribution >= 4 is 13.2 Å².